The molecule has 0 saturated carbocycles. The topological polar surface area (TPSA) is 83.6 Å². The fourth-order valence-electron chi connectivity index (χ4n) is 1.73. The number of carbonyl (C=O) groups is 2. The summed E-state index contributed by atoms with van der Waals surface area (Å²) < 4.78 is 0. The first kappa shape index (κ1) is 15.9. The molecule has 0 aliphatic carbocycles. The quantitative estimate of drug-likeness (QED) is 0.705. The summed E-state index contributed by atoms with van der Waals surface area (Å²) in [6, 6.07) is -0.787. The first-order chi connectivity index (χ1) is 7.84. The van der Waals surface area contributed by atoms with E-state index >= 15 is 0 Å². The first-order valence-electron chi connectivity index (χ1n) is 6.14. The minimum Gasteiger partial charge on any atom is -0.481 e. The zero-order valence-corrected chi connectivity index (χ0v) is 11.1. The van der Waals surface area contributed by atoms with Crippen molar-refractivity contribution in [3.63, 3.8) is 0 Å². The fraction of sp³-hybridized carbons (Fsp3) is 0.833. The molecule has 0 heterocycles. The minimum absolute atomic E-state index is 0.0808. The van der Waals surface area contributed by atoms with Crippen molar-refractivity contribution in [1.82, 2.24) is 4.90 Å². The third-order valence-corrected chi connectivity index (χ3v) is 3.10. The van der Waals surface area contributed by atoms with Crippen molar-refractivity contribution >= 4 is 11.9 Å². The van der Waals surface area contributed by atoms with E-state index in [4.69, 9.17) is 10.8 Å². The van der Waals surface area contributed by atoms with E-state index in [1.165, 1.54) is 0 Å². The van der Waals surface area contributed by atoms with Gasteiger partial charge in [-0.2, -0.15) is 0 Å². The summed E-state index contributed by atoms with van der Waals surface area (Å²) >= 11 is 0. The Morgan fingerprint density at radius 3 is 1.88 bits per heavy atom. The molecule has 0 aromatic carbocycles. The summed E-state index contributed by atoms with van der Waals surface area (Å²) in [7, 11) is 0. The monoisotopic (exact) mass is 244 g/mol. The van der Waals surface area contributed by atoms with Gasteiger partial charge in [0.15, 0.2) is 0 Å². The molecule has 0 aromatic rings. The average molecular weight is 244 g/mol. The second-order valence-electron chi connectivity index (χ2n) is 4.46. The highest BCUT2D eigenvalue weighted by Gasteiger charge is 2.28. The normalized spacial score (nSPS) is 16.1. The van der Waals surface area contributed by atoms with Crippen LogP contribution in [0, 0.1) is 0 Å². The van der Waals surface area contributed by atoms with Gasteiger partial charge in [-0.25, -0.2) is 0 Å². The van der Waals surface area contributed by atoms with E-state index in [0.717, 1.165) is 12.8 Å². The highest BCUT2D eigenvalue weighted by Crippen LogP contribution is 2.14. The summed E-state index contributed by atoms with van der Waals surface area (Å²) in [5.41, 5.74) is 5.63. The number of carboxylic acid groups (broad SMARTS) is 1. The van der Waals surface area contributed by atoms with Gasteiger partial charge in [0.25, 0.3) is 0 Å². The summed E-state index contributed by atoms with van der Waals surface area (Å²) in [5, 5.41) is 8.66. The molecule has 0 saturated heterocycles. The molecule has 0 aromatic heterocycles. The number of carbonyl (C=O) groups excluding carboxylic acids is 1. The van der Waals surface area contributed by atoms with Crippen LogP contribution in [0.1, 0.15) is 47.0 Å². The Balaban J connectivity index is 4.79. The molecule has 3 atom stereocenters. The highest BCUT2D eigenvalue weighted by atomic mass is 16.4. The SMILES string of the molecule is CCC(C)N(C(=O)[C@@H](N)CC(=O)O)C(C)CC. The molecule has 0 radical (unpaired) electrons. The maximum Gasteiger partial charge on any atom is 0.305 e. The van der Waals surface area contributed by atoms with Crippen molar-refractivity contribution < 1.29 is 14.7 Å². The molecule has 0 rings (SSSR count). The fourth-order valence-corrected chi connectivity index (χ4v) is 1.73. The number of nitrogens with zero attached hydrogens (tertiary/aromatic N) is 1. The predicted octanol–water partition coefficient (Wildman–Crippen LogP) is 1.21. The zero-order chi connectivity index (χ0) is 13.6. The Hall–Kier alpha value is -1.10. The number of amides is 1. The first-order valence-corrected chi connectivity index (χ1v) is 6.14. The van der Waals surface area contributed by atoms with Crippen LogP contribution in [0.2, 0.25) is 0 Å². The lowest BCUT2D eigenvalue weighted by Crippen LogP contribution is -2.52. The maximum atomic E-state index is 12.1. The molecule has 0 fully saturated rings. The smallest absolute Gasteiger partial charge is 0.305 e. The third-order valence-electron chi connectivity index (χ3n) is 3.10. The van der Waals surface area contributed by atoms with Gasteiger partial charge in [-0.1, -0.05) is 13.8 Å². The van der Waals surface area contributed by atoms with Crippen LogP contribution in [0.25, 0.3) is 0 Å². The van der Waals surface area contributed by atoms with Gasteiger partial charge in [-0.15, -0.1) is 0 Å². The van der Waals surface area contributed by atoms with Gasteiger partial charge < -0.3 is 15.7 Å². The lowest BCUT2D eigenvalue weighted by Gasteiger charge is -2.35. The van der Waals surface area contributed by atoms with E-state index in [1.54, 1.807) is 4.90 Å². The van der Waals surface area contributed by atoms with Crippen molar-refractivity contribution in [2.45, 2.75) is 65.1 Å². The van der Waals surface area contributed by atoms with Crippen molar-refractivity contribution in [1.29, 1.82) is 0 Å². The molecule has 0 aliphatic rings. The van der Waals surface area contributed by atoms with Crippen LogP contribution in [0.4, 0.5) is 0 Å². The zero-order valence-electron chi connectivity index (χ0n) is 11.1. The van der Waals surface area contributed by atoms with Crippen molar-refractivity contribution in [3.8, 4) is 0 Å². The van der Waals surface area contributed by atoms with Crippen LogP contribution in [-0.2, 0) is 9.59 Å². The standard InChI is InChI=1S/C12H24N2O3/c1-5-8(3)14(9(4)6-2)12(17)10(13)7-11(15)16/h8-10H,5-7,13H2,1-4H3,(H,15,16)/t8?,9?,10-/m0/s1. The molecule has 17 heavy (non-hydrogen) atoms. The Labute approximate surface area is 103 Å². The van der Waals surface area contributed by atoms with Gasteiger partial charge >= 0.3 is 5.97 Å². The second kappa shape index (κ2) is 7.27. The van der Waals surface area contributed by atoms with Gasteiger partial charge in [0.1, 0.15) is 0 Å². The molecule has 3 N–H and O–H groups in total. The Morgan fingerprint density at radius 2 is 1.59 bits per heavy atom. The number of rotatable bonds is 7. The molecule has 1 amide bonds. The largest absolute Gasteiger partial charge is 0.481 e. The molecule has 100 valence electrons. The van der Waals surface area contributed by atoms with E-state index in [1.807, 2.05) is 27.7 Å². The maximum absolute atomic E-state index is 12.1. The molecule has 0 spiro atoms. The number of hydrogen-bond acceptors (Lipinski definition) is 3. The molecule has 0 aliphatic heterocycles. The number of aliphatic carboxylic acids is 1. The van der Waals surface area contributed by atoms with Crippen LogP contribution in [0.3, 0.4) is 0 Å². The van der Waals surface area contributed by atoms with Gasteiger partial charge in [0, 0.05) is 12.1 Å². The number of carboxylic acids is 1. The van der Waals surface area contributed by atoms with Crippen LogP contribution >= 0.6 is 0 Å². The summed E-state index contributed by atoms with van der Waals surface area (Å²) in [5.74, 6) is -1.31. The minimum atomic E-state index is -1.04. The van der Waals surface area contributed by atoms with Crippen LogP contribution < -0.4 is 5.73 Å². The lowest BCUT2D eigenvalue weighted by molar-refractivity contribution is -0.144. The second-order valence-corrected chi connectivity index (χ2v) is 4.46. The lowest BCUT2D eigenvalue weighted by atomic mass is 10.1. The van der Waals surface area contributed by atoms with Crippen LogP contribution in [-0.4, -0.2) is 40.0 Å². The average Bonchev–Trinajstić information content (AvgIpc) is 2.27. The summed E-state index contributed by atoms with van der Waals surface area (Å²) in [6.07, 6.45) is 1.34. The van der Waals surface area contributed by atoms with E-state index < -0.39 is 12.0 Å². The van der Waals surface area contributed by atoms with Crippen LogP contribution in [0.15, 0.2) is 0 Å². The van der Waals surface area contributed by atoms with Gasteiger partial charge in [0.05, 0.1) is 12.5 Å². The Morgan fingerprint density at radius 1 is 1.18 bits per heavy atom. The van der Waals surface area contributed by atoms with Gasteiger partial charge in [-0.3, -0.25) is 9.59 Å². The van der Waals surface area contributed by atoms with Crippen molar-refractivity contribution in [3.05, 3.63) is 0 Å². The Bertz CT molecular complexity index is 258. The summed E-state index contributed by atoms with van der Waals surface area (Å²) in [6.45, 7) is 7.90. The van der Waals surface area contributed by atoms with Gasteiger partial charge in [0.2, 0.25) is 5.91 Å². The molecule has 5 heteroatoms. The van der Waals surface area contributed by atoms with E-state index in [9.17, 15) is 9.59 Å². The molecule has 2 unspecified atom stereocenters. The van der Waals surface area contributed by atoms with E-state index in [2.05, 4.69) is 0 Å². The van der Waals surface area contributed by atoms with Crippen molar-refractivity contribution in [2.24, 2.45) is 5.73 Å². The van der Waals surface area contributed by atoms with E-state index in [-0.39, 0.29) is 24.4 Å². The summed E-state index contributed by atoms with van der Waals surface area (Å²) in [4.78, 5) is 24.4. The number of nitrogens with two attached hydrogens (primary N) is 1. The Kier molecular flexibility index (Phi) is 6.80. The molecule has 5 nitrogen and oxygen atoms in total. The molecular weight excluding hydrogens is 220 g/mol. The van der Waals surface area contributed by atoms with E-state index in [0.29, 0.717) is 0 Å². The van der Waals surface area contributed by atoms with Crippen molar-refractivity contribution in [2.75, 3.05) is 0 Å². The predicted molar refractivity (Wildman–Crippen MR) is 66.6 cm³/mol. The van der Waals surface area contributed by atoms with Gasteiger partial charge in [-0.05, 0) is 26.7 Å². The number of hydrogen-bond donors (Lipinski definition) is 2. The highest BCUT2D eigenvalue weighted by molar-refractivity contribution is 5.86. The molecular formula is C12H24N2O3. The van der Waals surface area contributed by atoms with Crippen LogP contribution in [0.5, 0.6) is 0 Å². The third kappa shape index (κ3) is 4.73. The molecule has 0 bridgehead atoms.